The minimum Gasteiger partial charge on any atom is -0.497 e. The highest BCUT2D eigenvalue weighted by molar-refractivity contribution is 7.14. The summed E-state index contributed by atoms with van der Waals surface area (Å²) in [5.41, 5.74) is 2.21. The van der Waals surface area contributed by atoms with Gasteiger partial charge in [0.1, 0.15) is 23.3 Å². The van der Waals surface area contributed by atoms with Gasteiger partial charge in [0.15, 0.2) is 11.0 Å². The summed E-state index contributed by atoms with van der Waals surface area (Å²) in [6.07, 6.45) is 6.05. The van der Waals surface area contributed by atoms with Gasteiger partial charge in [0, 0.05) is 35.6 Å². The fraction of sp³-hybridized carbons (Fsp3) is 0.421. The van der Waals surface area contributed by atoms with Crippen molar-refractivity contribution in [2.24, 2.45) is 0 Å². The number of anilines is 2. The fourth-order valence-corrected chi connectivity index (χ4v) is 6.89. The van der Waals surface area contributed by atoms with E-state index in [0.717, 1.165) is 30.0 Å². The molecule has 1 atom stereocenters. The molecule has 1 fully saturated rings. The van der Waals surface area contributed by atoms with E-state index in [1.54, 1.807) is 31.4 Å². The number of thiazole rings is 1. The number of amides is 2. The first-order valence-corrected chi connectivity index (χ1v) is 19.0. The van der Waals surface area contributed by atoms with E-state index in [9.17, 15) is 14.4 Å². The number of nitrogens with zero attached hydrogens (tertiary/aromatic N) is 9. The minimum absolute atomic E-state index is 0.159. The number of tetrazole rings is 1. The zero-order valence-corrected chi connectivity index (χ0v) is 32.8. The van der Waals surface area contributed by atoms with Crippen molar-refractivity contribution in [2.75, 3.05) is 57.6 Å². The molecule has 0 bridgehead atoms. The number of aromatic nitrogens is 7. The quantitative estimate of drug-likeness (QED) is 0.160. The monoisotopic (exact) mass is 769 g/mol. The van der Waals surface area contributed by atoms with Crippen LogP contribution in [0.1, 0.15) is 73.0 Å². The standard InChI is InChI=1S/C38H47N11O5S/c1-38(2,3)30-24-55-36(40-30)42-34(50)26-16-20-48-32(21-26)41-33(47-19-7-9-28(23-47)54-37(52)39-17-8-18-46(4)5)29(35(48)51)14-15-31-43-45-49(44-31)22-25-10-12-27(53-6)13-11-25/h10-16,20-21,24,28H,7-9,17-19,22-23H2,1-6H3,(H,39,52)(H,40,42,50)/t28-/m1/s1. The second-order valence-electron chi connectivity index (χ2n) is 14.6. The van der Waals surface area contributed by atoms with Crippen LogP contribution in [0.5, 0.6) is 5.75 Å². The minimum atomic E-state index is -0.480. The van der Waals surface area contributed by atoms with Gasteiger partial charge in [-0.2, -0.15) is 4.80 Å². The Labute approximate surface area is 323 Å². The largest absolute Gasteiger partial charge is 0.497 e. The van der Waals surface area contributed by atoms with E-state index in [1.165, 1.54) is 26.7 Å². The van der Waals surface area contributed by atoms with E-state index < -0.39 is 12.2 Å². The lowest BCUT2D eigenvalue weighted by Gasteiger charge is -2.34. The normalized spacial score (nSPS) is 14.8. The molecule has 1 saturated heterocycles. The van der Waals surface area contributed by atoms with E-state index >= 15 is 0 Å². The van der Waals surface area contributed by atoms with Crippen LogP contribution in [0, 0.1) is 0 Å². The van der Waals surface area contributed by atoms with E-state index in [-0.39, 0.29) is 28.1 Å². The summed E-state index contributed by atoms with van der Waals surface area (Å²) in [6, 6.07) is 10.7. The number of pyridine rings is 1. The molecule has 17 heteroatoms. The number of methoxy groups -OCH3 is 1. The first-order chi connectivity index (χ1) is 26.4. The van der Waals surface area contributed by atoms with Gasteiger partial charge in [-0.1, -0.05) is 32.9 Å². The van der Waals surface area contributed by atoms with Crippen molar-refractivity contribution in [2.45, 2.75) is 58.1 Å². The Bertz CT molecular complexity index is 2200. The molecule has 1 aliphatic heterocycles. The number of piperidine rings is 1. The third-order valence-corrected chi connectivity index (χ3v) is 9.71. The van der Waals surface area contributed by atoms with Crippen molar-refractivity contribution >= 4 is 52.1 Å². The predicted molar refractivity (Wildman–Crippen MR) is 212 cm³/mol. The third-order valence-electron chi connectivity index (χ3n) is 8.95. The summed E-state index contributed by atoms with van der Waals surface area (Å²) >= 11 is 1.35. The topological polar surface area (TPSA) is 174 Å². The first kappa shape index (κ1) is 39.0. The lowest BCUT2D eigenvalue weighted by molar-refractivity contribution is 0.0880. The number of carbonyl (C=O) groups excluding carboxylic acids is 2. The van der Waals surface area contributed by atoms with Crippen molar-refractivity contribution in [1.29, 1.82) is 0 Å². The molecule has 0 unspecified atom stereocenters. The molecule has 0 radical (unpaired) electrons. The van der Waals surface area contributed by atoms with Gasteiger partial charge in [0.2, 0.25) is 0 Å². The molecule has 1 aromatic carbocycles. The number of carbonyl (C=O) groups is 2. The van der Waals surface area contributed by atoms with Crippen LogP contribution in [0.25, 0.3) is 17.8 Å². The van der Waals surface area contributed by atoms with Gasteiger partial charge in [-0.3, -0.25) is 19.3 Å². The van der Waals surface area contributed by atoms with E-state index in [0.29, 0.717) is 61.4 Å². The molecule has 0 spiro atoms. The lowest BCUT2D eigenvalue weighted by Crippen LogP contribution is -2.43. The maximum Gasteiger partial charge on any atom is 0.407 e. The Morgan fingerprint density at radius 1 is 1.11 bits per heavy atom. The highest BCUT2D eigenvalue weighted by Crippen LogP contribution is 2.27. The molecule has 0 saturated carbocycles. The second kappa shape index (κ2) is 17.2. The molecule has 0 aliphatic carbocycles. The number of hydrogen-bond acceptors (Lipinski definition) is 13. The van der Waals surface area contributed by atoms with Crippen LogP contribution in [0.4, 0.5) is 15.7 Å². The summed E-state index contributed by atoms with van der Waals surface area (Å²) in [5.74, 6) is 1.07. The van der Waals surface area contributed by atoms with Gasteiger partial charge in [-0.25, -0.2) is 14.8 Å². The number of ether oxygens (including phenoxy) is 2. The molecule has 290 valence electrons. The van der Waals surface area contributed by atoms with Gasteiger partial charge in [0.05, 0.1) is 31.5 Å². The van der Waals surface area contributed by atoms with Crippen LogP contribution >= 0.6 is 11.3 Å². The van der Waals surface area contributed by atoms with Crippen molar-refractivity contribution in [3.8, 4) is 5.75 Å². The van der Waals surface area contributed by atoms with Crippen LogP contribution in [-0.4, -0.2) is 105 Å². The Balaban J connectivity index is 1.27. The molecule has 1 aliphatic rings. The van der Waals surface area contributed by atoms with Crippen LogP contribution in [0.15, 0.2) is 52.8 Å². The summed E-state index contributed by atoms with van der Waals surface area (Å²) in [5, 5.41) is 21.0. The number of rotatable bonds is 13. The fourth-order valence-electron chi connectivity index (χ4n) is 5.96. The predicted octanol–water partition coefficient (Wildman–Crippen LogP) is 4.56. The Hall–Kier alpha value is -5.68. The summed E-state index contributed by atoms with van der Waals surface area (Å²) < 4.78 is 12.4. The Morgan fingerprint density at radius 3 is 2.64 bits per heavy atom. The average molecular weight is 770 g/mol. The van der Waals surface area contributed by atoms with Crippen molar-refractivity contribution in [3.63, 3.8) is 0 Å². The van der Waals surface area contributed by atoms with Crippen molar-refractivity contribution in [3.05, 3.63) is 86.5 Å². The highest BCUT2D eigenvalue weighted by atomic mass is 32.1. The number of hydrogen-bond donors (Lipinski definition) is 2. The maximum absolute atomic E-state index is 14.2. The van der Waals surface area contributed by atoms with Gasteiger partial charge >= 0.3 is 6.09 Å². The van der Waals surface area contributed by atoms with Crippen molar-refractivity contribution < 1.29 is 19.1 Å². The average Bonchev–Trinajstić information content (AvgIpc) is 3.83. The molecule has 55 heavy (non-hydrogen) atoms. The zero-order chi connectivity index (χ0) is 39.1. The van der Waals surface area contributed by atoms with Crippen molar-refractivity contribution in [1.82, 2.24) is 44.8 Å². The van der Waals surface area contributed by atoms with Gasteiger partial charge < -0.3 is 24.6 Å². The molecule has 16 nitrogen and oxygen atoms in total. The van der Waals surface area contributed by atoms with E-state index in [2.05, 4.69) is 56.7 Å². The molecule has 2 N–H and O–H groups in total. The van der Waals surface area contributed by atoms with E-state index in [4.69, 9.17) is 14.5 Å². The maximum atomic E-state index is 14.2. The number of alkyl carbamates (subject to hydrolysis) is 1. The van der Waals surface area contributed by atoms with Crippen LogP contribution < -0.4 is 25.8 Å². The van der Waals surface area contributed by atoms with E-state index in [1.807, 2.05) is 48.6 Å². The smallest absolute Gasteiger partial charge is 0.407 e. The molecule has 2 amide bonds. The van der Waals surface area contributed by atoms with Crippen LogP contribution in [0.2, 0.25) is 0 Å². The summed E-state index contributed by atoms with van der Waals surface area (Å²) in [7, 11) is 5.58. The third kappa shape index (κ3) is 10.1. The SMILES string of the molecule is COc1ccc(Cn2nnc(C=Cc3c(N4CCC[C@@H](OC(=O)NCCCN(C)C)C4)nc4cc(C(=O)Nc5nc(C(C)(C)C)cs5)ccn4c3=O)n2)cc1. The summed E-state index contributed by atoms with van der Waals surface area (Å²) in [6.45, 7) is 8.82. The van der Waals surface area contributed by atoms with Gasteiger partial charge in [0.25, 0.3) is 11.5 Å². The zero-order valence-electron chi connectivity index (χ0n) is 32.0. The van der Waals surface area contributed by atoms with Gasteiger partial charge in [-0.05, 0) is 87.1 Å². The molecule has 4 aromatic heterocycles. The molecular formula is C38H47N11O5S. The molecule has 6 rings (SSSR count). The Kier molecular flexibility index (Phi) is 12.2. The number of fused-ring (bicyclic) bond motifs is 1. The molecule has 5 heterocycles. The van der Waals surface area contributed by atoms with Crippen LogP contribution in [-0.2, 0) is 16.7 Å². The van der Waals surface area contributed by atoms with Crippen LogP contribution in [0.3, 0.4) is 0 Å². The molecule has 5 aromatic rings. The summed E-state index contributed by atoms with van der Waals surface area (Å²) in [4.78, 5) is 55.2. The lowest BCUT2D eigenvalue weighted by atomic mass is 9.93. The second-order valence-corrected chi connectivity index (χ2v) is 15.5. The number of benzene rings is 1. The van der Waals surface area contributed by atoms with Gasteiger partial charge in [-0.15, -0.1) is 21.5 Å². The highest BCUT2D eigenvalue weighted by Gasteiger charge is 2.27. The number of nitrogens with one attached hydrogen (secondary N) is 2. The first-order valence-electron chi connectivity index (χ1n) is 18.1. The Morgan fingerprint density at radius 2 is 1.91 bits per heavy atom. The molecular weight excluding hydrogens is 723 g/mol.